The van der Waals surface area contributed by atoms with E-state index < -0.39 is 0 Å². The van der Waals surface area contributed by atoms with Crippen molar-refractivity contribution in [2.75, 3.05) is 0 Å². The standard InChI is InChI=1S/C10H10O2/c1-7-8(2)12-6-10(7)9-3-4-11-5-9/h3-6H,1-2H3. The summed E-state index contributed by atoms with van der Waals surface area (Å²) in [5, 5.41) is 0. The predicted molar refractivity (Wildman–Crippen MR) is 45.9 cm³/mol. The molecule has 0 radical (unpaired) electrons. The molecule has 0 atom stereocenters. The molecule has 0 spiro atoms. The van der Waals surface area contributed by atoms with Crippen LogP contribution in [0, 0.1) is 13.8 Å². The lowest BCUT2D eigenvalue weighted by Crippen LogP contribution is -1.74. The molecule has 0 aliphatic rings. The second-order valence-corrected chi connectivity index (χ2v) is 2.84. The second-order valence-electron chi connectivity index (χ2n) is 2.84. The molecule has 0 saturated heterocycles. The SMILES string of the molecule is Cc1occ(-c2ccoc2)c1C. The van der Waals surface area contributed by atoms with Gasteiger partial charge in [-0.1, -0.05) is 0 Å². The molecule has 2 heterocycles. The Labute approximate surface area is 70.8 Å². The molecule has 0 fully saturated rings. The van der Waals surface area contributed by atoms with Crippen molar-refractivity contribution in [1.82, 2.24) is 0 Å². The van der Waals surface area contributed by atoms with Gasteiger partial charge in [-0.15, -0.1) is 0 Å². The fourth-order valence-electron chi connectivity index (χ4n) is 1.22. The molecule has 2 heteroatoms. The van der Waals surface area contributed by atoms with Crippen LogP contribution in [-0.2, 0) is 0 Å². The Bertz CT molecular complexity index is 368. The zero-order chi connectivity index (χ0) is 8.55. The van der Waals surface area contributed by atoms with E-state index in [4.69, 9.17) is 8.83 Å². The number of aryl methyl sites for hydroxylation is 1. The van der Waals surface area contributed by atoms with Gasteiger partial charge in [0.2, 0.25) is 0 Å². The number of hydrogen-bond donors (Lipinski definition) is 0. The minimum absolute atomic E-state index is 0.964. The molecular weight excluding hydrogens is 152 g/mol. The zero-order valence-electron chi connectivity index (χ0n) is 7.13. The maximum absolute atomic E-state index is 5.28. The van der Waals surface area contributed by atoms with Crippen molar-refractivity contribution in [2.45, 2.75) is 13.8 Å². The summed E-state index contributed by atoms with van der Waals surface area (Å²) in [4.78, 5) is 0. The molecule has 0 aromatic carbocycles. The largest absolute Gasteiger partial charge is 0.472 e. The average Bonchev–Trinajstić information content (AvgIpc) is 2.64. The van der Waals surface area contributed by atoms with Gasteiger partial charge < -0.3 is 8.83 Å². The summed E-state index contributed by atoms with van der Waals surface area (Å²) in [5.74, 6) is 0.964. The highest BCUT2D eigenvalue weighted by molar-refractivity contribution is 5.65. The van der Waals surface area contributed by atoms with Crippen LogP contribution < -0.4 is 0 Å². The summed E-state index contributed by atoms with van der Waals surface area (Å²) in [6.45, 7) is 4.00. The molecule has 2 rings (SSSR count). The van der Waals surface area contributed by atoms with Crippen molar-refractivity contribution < 1.29 is 8.83 Å². The Hall–Kier alpha value is -1.44. The van der Waals surface area contributed by atoms with Gasteiger partial charge in [0.1, 0.15) is 5.76 Å². The van der Waals surface area contributed by atoms with Crippen molar-refractivity contribution in [2.24, 2.45) is 0 Å². The Kier molecular flexibility index (Phi) is 1.54. The highest BCUT2D eigenvalue weighted by Crippen LogP contribution is 2.26. The molecule has 0 N–H and O–H groups in total. The van der Waals surface area contributed by atoms with Gasteiger partial charge in [0, 0.05) is 11.1 Å². The molecule has 62 valence electrons. The van der Waals surface area contributed by atoms with Gasteiger partial charge in [-0.2, -0.15) is 0 Å². The Morgan fingerprint density at radius 1 is 1.17 bits per heavy atom. The smallest absolute Gasteiger partial charge is 0.104 e. The van der Waals surface area contributed by atoms with Gasteiger partial charge in [-0.3, -0.25) is 0 Å². The summed E-state index contributed by atoms with van der Waals surface area (Å²) in [5.41, 5.74) is 3.36. The highest BCUT2D eigenvalue weighted by Gasteiger charge is 2.07. The van der Waals surface area contributed by atoms with E-state index in [0.29, 0.717) is 0 Å². The van der Waals surface area contributed by atoms with Crippen molar-refractivity contribution >= 4 is 0 Å². The van der Waals surface area contributed by atoms with Gasteiger partial charge in [-0.25, -0.2) is 0 Å². The lowest BCUT2D eigenvalue weighted by atomic mass is 10.1. The van der Waals surface area contributed by atoms with Crippen molar-refractivity contribution in [3.8, 4) is 11.1 Å². The molecular formula is C10H10O2. The van der Waals surface area contributed by atoms with E-state index in [1.54, 1.807) is 18.8 Å². The average molecular weight is 162 g/mol. The van der Waals surface area contributed by atoms with Gasteiger partial charge in [0.25, 0.3) is 0 Å². The van der Waals surface area contributed by atoms with E-state index in [1.165, 1.54) is 5.56 Å². The van der Waals surface area contributed by atoms with Crippen LogP contribution >= 0.6 is 0 Å². The third-order valence-corrected chi connectivity index (χ3v) is 2.12. The van der Waals surface area contributed by atoms with Crippen LogP contribution in [0.25, 0.3) is 11.1 Å². The van der Waals surface area contributed by atoms with Crippen LogP contribution in [0.3, 0.4) is 0 Å². The third kappa shape index (κ3) is 0.961. The first kappa shape index (κ1) is 7.22. The third-order valence-electron chi connectivity index (χ3n) is 2.12. The fourth-order valence-corrected chi connectivity index (χ4v) is 1.22. The Morgan fingerprint density at radius 3 is 2.50 bits per heavy atom. The molecule has 2 nitrogen and oxygen atoms in total. The molecule has 0 unspecified atom stereocenters. The minimum atomic E-state index is 0.964. The van der Waals surface area contributed by atoms with Gasteiger partial charge in [-0.05, 0) is 25.5 Å². The maximum atomic E-state index is 5.28. The molecule has 0 bridgehead atoms. The molecule has 0 aliphatic heterocycles. The van der Waals surface area contributed by atoms with Crippen LogP contribution in [0.4, 0.5) is 0 Å². The van der Waals surface area contributed by atoms with Crippen LogP contribution in [0.1, 0.15) is 11.3 Å². The van der Waals surface area contributed by atoms with E-state index in [0.717, 1.165) is 16.9 Å². The van der Waals surface area contributed by atoms with Gasteiger partial charge >= 0.3 is 0 Å². The van der Waals surface area contributed by atoms with Crippen molar-refractivity contribution in [3.05, 3.63) is 36.2 Å². The summed E-state index contributed by atoms with van der Waals surface area (Å²) >= 11 is 0. The number of rotatable bonds is 1. The topological polar surface area (TPSA) is 26.3 Å². The number of hydrogen-bond acceptors (Lipinski definition) is 2. The van der Waals surface area contributed by atoms with Crippen LogP contribution in [0.5, 0.6) is 0 Å². The first-order valence-electron chi connectivity index (χ1n) is 3.86. The van der Waals surface area contributed by atoms with E-state index in [9.17, 15) is 0 Å². The summed E-state index contributed by atoms with van der Waals surface area (Å²) in [6, 6.07) is 1.93. The predicted octanol–water partition coefficient (Wildman–Crippen LogP) is 3.16. The fraction of sp³-hybridized carbons (Fsp3) is 0.200. The lowest BCUT2D eigenvalue weighted by Gasteiger charge is -1.91. The van der Waals surface area contributed by atoms with Crippen LogP contribution in [0.2, 0.25) is 0 Å². The van der Waals surface area contributed by atoms with E-state index >= 15 is 0 Å². The molecule has 12 heavy (non-hydrogen) atoms. The van der Waals surface area contributed by atoms with Crippen LogP contribution in [0.15, 0.2) is 33.7 Å². The van der Waals surface area contributed by atoms with Crippen molar-refractivity contribution in [3.63, 3.8) is 0 Å². The maximum Gasteiger partial charge on any atom is 0.104 e. The van der Waals surface area contributed by atoms with Gasteiger partial charge in [0.15, 0.2) is 0 Å². The summed E-state index contributed by atoms with van der Waals surface area (Å²) in [7, 11) is 0. The number of furan rings is 2. The van der Waals surface area contributed by atoms with E-state index in [1.807, 2.05) is 19.9 Å². The minimum Gasteiger partial charge on any atom is -0.472 e. The van der Waals surface area contributed by atoms with E-state index in [-0.39, 0.29) is 0 Å². The second kappa shape index (κ2) is 2.55. The summed E-state index contributed by atoms with van der Waals surface area (Å²) < 4.78 is 10.3. The van der Waals surface area contributed by atoms with Crippen molar-refractivity contribution in [1.29, 1.82) is 0 Å². The monoisotopic (exact) mass is 162 g/mol. The Morgan fingerprint density at radius 2 is 2.00 bits per heavy atom. The van der Waals surface area contributed by atoms with Crippen LogP contribution in [-0.4, -0.2) is 0 Å². The normalized spacial score (nSPS) is 10.5. The molecule has 2 aromatic rings. The molecule has 0 saturated carbocycles. The van der Waals surface area contributed by atoms with Gasteiger partial charge in [0.05, 0.1) is 18.8 Å². The quantitative estimate of drug-likeness (QED) is 0.643. The highest BCUT2D eigenvalue weighted by atomic mass is 16.3. The van der Waals surface area contributed by atoms with E-state index in [2.05, 4.69) is 0 Å². The zero-order valence-corrected chi connectivity index (χ0v) is 7.13. The lowest BCUT2D eigenvalue weighted by molar-refractivity contribution is 0.532. The Balaban J connectivity index is 2.55. The summed E-state index contributed by atoms with van der Waals surface area (Å²) in [6.07, 6.45) is 5.14. The molecule has 0 amide bonds. The first-order chi connectivity index (χ1) is 5.79. The molecule has 2 aromatic heterocycles. The first-order valence-corrected chi connectivity index (χ1v) is 3.86. The molecule has 0 aliphatic carbocycles.